The SMILES string of the molecule is [2H]C([2H])(C=O)CC(C)([N+](=O)[O-])P(=O)(OCC)OCC. The molecule has 1 atom stereocenters. The van der Waals surface area contributed by atoms with Crippen molar-refractivity contribution in [1.82, 2.24) is 0 Å². The molecule has 8 heteroatoms. The van der Waals surface area contributed by atoms with Crippen molar-refractivity contribution in [2.24, 2.45) is 0 Å². The van der Waals surface area contributed by atoms with E-state index in [-0.39, 0.29) is 19.5 Å². The molecule has 0 bridgehead atoms. The van der Waals surface area contributed by atoms with Gasteiger partial charge in [0.05, 0.1) is 13.2 Å². The summed E-state index contributed by atoms with van der Waals surface area (Å²) in [4.78, 5) is 20.9. The second-order valence-electron chi connectivity index (χ2n) is 3.31. The van der Waals surface area contributed by atoms with Gasteiger partial charge in [0.15, 0.2) is 0 Å². The molecule has 0 aromatic carbocycles. The van der Waals surface area contributed by atoms with E-state index in [4.69, 9.17) is 11.8 Å². The van der Waals surface area contributed by atoms with Crippen LogP contribution in [0.15, 0.2) is 0 Å². The molecule has 0 aliphatic heterocycles. The molecule has 0 aromatic heterocycles. The smallest absolute Gasteiger partial charge is 0.304 e. The number of aldehydes is 1. The summed E-state index contributed by atoms with van der Waals surface area (Å²) in [6.45, 7) is 3.75. The van der Waals surface area contributed by atoms with E-state index in [9.17, 15) is 19.5 Å². The largest absolute Gasteiger partial charge is 0.406 e. The van der Waals surface area contributed by atoms with Gasteiger partial charge in [-0.25, -0.2) is 0 Å². The van der Waals surface area contributed by atoms with Crippen LogP contribution in [0.4, 0.5) is 0 Å². The van der Waals surface area contributed by atoms with Crippen LogP contribution >= 0.6 is 7.60 Å². The molecule has 1 unspecified atom stereocenters. The van der Waals surface area contributed by atoms with E-state index >= 15 is 0 Å². The van der Waals surface area contributed by atoms with E-state index in [2.05, 4.69) is 0 Å². The van der Waals surface area contributed by atoms with Crippen LogP contribution in [-0.2, 0) is 18.4 Å². The van der Waals surface area contributed by atoms with E-state index in [1.165, 1.54) is 13.8 Å². The van der Waals surface area contributed by atoms with Gasteiger partial charge < -0.3 is 13.8 Å². The van der Waals surface area contributed by atoms with Crippen molar-refractivity contribution in [2.75, 3.05) is 13.2 Å². The Morgan fingerprint density at radius 3 is 2.24 bits per heavy atom. The van der Waals surface area contributed by atoms with Gasteiger partial charge >= 0.3 is 12.9 Å². The summed E-state index contributed by atoms with van der Waals surface area (Å²) in [6, 6.07) is 0. The zero-order valence-electron chi connectivity index (χ0n) is 12.0. The van der Waals surface area contributed by atoms with Crippen LogP contribution in [0.2, 0.25) is 0 Å². The van der Waals surface area contributed by atoms with Crippen molar-refractivity contribution < 1.29 is 26.1 Å². The average Bonchev–Trinajstić information content (AvgIpc) is 2.28. The number of nitrogens with zero attached hydrogens (tertiary/aromatic N) is 1. The van der Waals surface area contributed by atoms with E-state index in [0.717, 1.165) is 6.92 Å². The van der Waals surface area contributed by atoms with Crippen molar-refractivity contribution in [3.05, 3.63) is 10.1 Å². The van der Waals surface area contributed by atoms with Crippen LogP contribution in [0.5, 0.6) is 0 Å². The Bertz CT molecular complexity index is 381. The highest BCUT2D eigenvalue weighted by atomic mass is 31.2. The molecule has 7 nitrogen and oxygen atoms in total. The molecule has 17 heavy (non-hydrogen) atoms. The normalized spacial score (nSPS) is 17.8. The number of carbonyl (C=O) groups is 1. The lowest BCUT2D eigenvalue weighted by Gasteiger charge is -2.28. The van der Waals surface area contributed by atoms with E-state index in [1.807, 2.05) is 0 Å². The van der Waals surface area contributed by atoms with Crippen LogP contribution in [0, 0.1) is 10.1 Å². The molecule has 0 amide bonds. The van der Waals surface area contributed by atoms with Gasteiger partial charge in [0.1, 0.15) is 6.29 Å². The third-order valence-electron chi connectivity index (χ3n) is 2.10. The maximum atomic E-state index is 12.5. The molecule has 0 fully saturated rings. The second-order valence-corrected chi connectivity index (χ2v) is 5.78. The van der Waals surface area contributed by atoms with E-state index in [1.54, 1.807) is 0 Å². The summed E-state index contributed by atoms with van der Waals surface area (Å²) in [5, 5.41) is 8.87. The standard InChI is InChI=1S/C9H18NO6P/c1-4-15-17(14,16-5-2)9(3,10(12)13)7-6-8-11/h8H,4-7H2,1-3H3/i6D2. The Balaban J connectivity index is 5.65. The lowest BCUT2D eigenvalue weighted by molar-refractivity contribution is -0.541. The van der Waals surface area contributed by atoms with Crippen LogP contribution in [-0.4, -0.2) is 29.7 Å². The first kappa shape index (κ1) is 12.7. The van der Waals surface area contributed by atoms with Crippen LogP contribution in [0.25, 0.3) is 0 Å². The minimum absolute atomic E-state index is 0.0586. The van der Waals surface area contributed by atoms with Crippen molar-refractivity contribution in [3.8, 4) is 0 Å². The fraction of sp³-hybridized carbons (Fsp3) is 0.889. The molecule has 0 aliphatic carbocycles. The summed E-state index contributed by atoms with van der Waals surface area (Å²) in [7, 11) is -4.21. The molecule has 0 rings (SSSR count). The van der Waals surface area contributed by atoms with Gasteiger partial charge in [0, 0.05) is 27.4 Å². The molecule has 0 saturated heterocycles. The van der Waals surface area contributed by atoms with Gasteiger partial charge in [-0.15, -0.1) is 0 Å². The predicted octanol–water partition coefficient (Wildman–Crippen LogP) is 2.22. The summed E-state index contributed by atoms with van der Waals surface area (Å²) in [5.41, 5.74) is 0. The van der Waals surface area contributed by atoms with Gasteiger partial charge in [0.25, 0.3) is 0 Å². The predicted molar refractivity (Wildman–Crippen MR) is 61.6 cm³/mol. The molecule has 0 aliphatic rings. The number of carbonyl (C=O) groups excluding carboxylic acids is 1. The fourth-order valence-corrected chi connectivity index (χ4v) is 2.95. The first-order valence-electron chi connectivity index (χ1n) is 6.08. The Morgan fingerprint density at radius 2 is 1.94 bits per heavy atom. The third kappa shape index (κ3) is 3.59. The zero-order valence-corrected chi connectivity index (χ0v) is 10.9. The first-order valence-corrected chi connectivity index (χ1v) is 6.63. The maximum Gasteiger partial charge on any atom is 0.406 e. The van der Waals surface area contributed by atoms with Gasteiger partial charge in [-0.3, -0.25) is 14.7 Å². The van der Waals surface area contributed by atoms with Gasteiger partial charge in [0.2, 0.25) is 0 Å². The van der Waals surface area contributed by atoms with Crippen LogP contribution < -0.4 is 0 Å². The van der Waals surface area contributed by atoms with Crippen molar-refractivity contribution >= 4 is 13.9 Å². The van der Waals surface area contributed by atoms with Crippen molar-refractivity contribution in [2.45, 2.75) is 38.8 Å². The lowest BCUT2D eigenvalue weighted by Crippen LogP contribution is -2.36. The van der Waals surface area contributed by atoms with Gasteiger partial charge in [-0.1, -0.05) is 0 Å². The highest BCUT2D eigenvalue weighted by Crippen LogP contribution is 2.61. The first-order chi connectivity index (χ1) is 8.58. The Morgan fingerprint density at radius 1 is 1.47 bits per heavy atom. The minimum Gasteiger partial charge on any atom is -0.304 e. The highest BCUT2D eigenvalue weighted by Gasteiger charge is 2.57. The summed E-state index contributed by atoms with van der Waals surface area (Å²) >= 11 is 0. The van der Waals surface area contributed by atoms with E-state index in [0.29, 0.717) is 0 Å². The Hall–Kier alpha value is -0.780. The summed E-state index contributed by atoms with van der Waals surface area (Å²) < 4.78 is 37.0. The maximum absolute atomic E-state index is 12.5. The number of nitro groups is 1. The molecule has 0 N–H and O–H groups in total. The topological polar surface area (TPSA) is 95.7 Å². The summed E-state index contributed by atoms with van der Waals surface area (Å²) in [5.74, 6) is 0. The van der Waals surface area contributed by atoms with Crippen molar-refractivity contribution in [3.63, 3.8) is 0 Å². The minimum atomic E-state index is -4.21. The molecule has 100 valence electrons. The fourth-order valence-electron chi connectivity index (χ4n) is 1.15. The summed E-state index contributed by atoms with van der Waals surface area (Å²) in [6.07, 6.45) is -3.45. The number of hydrogen-bond donors (Lipinski definition) is 0. The molecular weight excluding hydrogens is 249 g/mol. The Kier molecular flexibility index (Phi) is 5.09. The average molecular weight is 269 g/mol. The van der Waals surface area contributed by atoms with Gasteiger partial charge in [-0.05, 0) is 13.8 Å². The molecule has 0 radical (unpaired) electrons. The molecule has 0 aromatic rings. The highest BCUT2D eigenvalue weighted by molar-refractivity contribution is 7.55. The number of hydrogen-bond acceptors (Lipinski definition) is 6. The third-order valence-corrected chi connectivity index (χ3v) is 4.80. The van der Waals surface area contributed by atoms with Crippen LogP contribution in [0.3, 0.4) is 0 Å². The van der Waals surface area contributed by atoms with E-state index < -0.39 is 30.6 Å². The molecular formula is C9H18NO6P. The molecule has 0 heterocycles. The zero-order chi connectivity index (χ0) is 15.3. The second kappa shape index (κ2) is 6.83. The molecule has 0 saturated carbocycles. The van der Waals surface area contributed by atoms with Gasteiger partial charge in [-0.2, -0.15) is 0 Å². The monoisotopic (exact) mass is 269 g/mol. The quantitative estimate of drug-likeness (QED) is 0.275. The molecule has 0 spiro atoms. The lowest BCUT2D eigenvalue weighted by atomic mass is 10.2. The number of rotatable bonds is 9. The Labute approximate surface area is 103 Å². The van der Waals surface area contributed by atoms with Crippen molar-refractivity contribution in [1.29, 1.82) is 0 Å². The van der Waals surface area contributed by atoms with Crippen LogP contribution in [0.1, 0.15) is 36.3 Å².